The van der Waals surface area contributed by atoms with Gasteiger partial charge < -0.3 is 10.6 Å². The minimum Gasteiger partial charge on any atom is -0.326 e. The molecule has 1 aliphatic heterocycles. The topological polar surface area (TPSA) is 41.1 Å². The summed E-state index contributed by atoms with van der Waals surface area (Å²) in [4.78, 5) is 11.8. The normalized spacial score (nSPS) is 18.5. The molecule has 1 saturated heterocycles. The van der Waals surface area contributed by atoms with E-state index in [2.05, 4.69) is 26.6 Å². The van der Waals surface area contributed by atoms with Crippen molar-refractivity contribution in [2.75, 3.05) is 23.4 Å². The first-order chi connectivity index (χ1) is 8.65. The number of carbonyl (C=O) groups excluding carboxylic acids is 1. The lowest BCUT2D eigenvalue weighted by Gasteiger charge is -2.22. The molecule has 1 unspecified atom stereocenters. The molecule has 0 aromatic heterocycles. The van der Waals surface area contributed by atoms with E-state index in [9.17, 15) is 9.18 Å². The molecule has 0 bridgehead atoms. The van der Waals surface area contributed by atoms with E-state index in [0.29, 0.717) is 16.6 Å². The van der Waals surface area contributed by atoms with E-state index < -0.39 is 0 Å². The Kier molecular flexibility index (Phi) is 7.13. The Hall–Kier alpha value is -0.300. The van der Waals surface area contributed by atoms with E-state index in [1.165, 1.54) is 6.07 Å². The zero-order chi connectivity index (χ0) is 13.0. The molecule has 0 spiro atoms. The fraction of sp³-hybridized carbons (Fsp3) is 0.417. The van der Waals surface area contributed by atoms with Gasteiger partial charge in [-0.1, -0.05) is 0 Å². The average Bonchev–Trinajstić information content (AvgIpc) is 2.35. The molecule has 0 radical (unpaired) electrons. The summed E-state index contributed by atoms with van der Waals surface area (Å²) >= 11 is 4.95. The van der Waals surface area contributed by atoms with Crippen LogP contribution < -0.4 is 10.6 Å². The molecule has 19 heavy (non-hydrogen) atoms. The SMILES string of the molecule is Cl.O=C(CC1CSCCN1)Nc1ccc(F)c(Br)c1. The van der Waals surface area contributed by atoms with Crippen LogP contribution in [0.25, 0.3) is 0 Å². The maximum Gasteiger partial charge on any atom is 0.225 e. The fourth-order valence-electron chi connectivity index (χ4n) is 1.76. The highest BCUT2D eigenvalue weighted by Crippen LogP contribution is 2.20. The molecule has 1 atom stereocenters. The van der Waals surface area contributed by atoms with Gasteiger partial charge in [0.15, 0.2) is 0 Å². The van der Waals surface area contributed by atoms with Crippen LogP contribution in [0.2, 0.25) is 0 Å². The highest BCUT2D eigenvalue weighted by atomic mass is 79.9. The number of rotatable bonds is 3. The summed E-state index contributed by atoms with van der Waals surface area (Å²) in [5.41, 5.74) is 0.608. The molecule has 0 saturated carbocycles. The second kappa shape index (κ2) is 8.09. The second-order valence-electron chi connectivity index (χ2n) is 4.11. The van der Waals surface area contributed by atoms with Crippen molar-refractivity contribution in [3.8, 4) is 0 Å². The van der Waals surface area contributed by atoms with Crippen molar-refractivity contribution in [2.24, 2.45) is 0 Å². The van der Waals surface area contributed by atoms with Gasteiger partial charge in [0, 0.05) is 36.2 Å². The van der Waals surface area contributed by atoms with Crippen LogP contribution in [-0.4, -0.2) is 30.0 Å². The molecule has 1 fully saturated rings. The van der Waals surface area contributed by atoms with Crippen LogP contribution in [0.4, 0.5) is 10.1 Å². The maximum absolute atomic E-state index is 13.0. The van der Waals surface area contributed by atoms with E-state index in [4.69, 9.17) is 0 Å². The van der Waals surface area contributed by atoms with Gasteiger partial charge in [-0.25, -0.2) is 4.39 Å². The number of anilines is 1. The van der Waals surface area contributed by atoms with Crippen molar-refractivity contribution in [1.29, 1.82) is 0 Å². The minimum absolute atomic E-state index is 0. The lowest BCUT2D eigenvalue weighted by atomic mass is 10.2. The van der Waals surface area contributed by atoms with Crippen LogP contribution in [0.15, 0.2) is 22.7 Å². The van der Waals surface area contributed by atoms with Crippen molar-refractivity contribution in [3.63, 3.8) is 0 Å². The smallest absolute Gasteiger partial charge is 0.225 e. The first-order valence-electron chi connectivity index (χ1n) is 5.71. The molecular formula is C12H15BrClFN2OS. The molecule has 2 rings (SSSR count). The Morgan fingerprint density at radius 3 is 3.00 bits per heavy atom. The van der Waals surface area contributed by atoms with Crippen molar-refractivity contribution in [1.82, 2.24) is 5.32 Å². The lowest BCUT2D eigenvalue weighted by molar-refractivity contribution is -0.116. The Bertz CT molecular complexity index is 444. The number of amides is 1. The van der Waals surface area contributed by atoms with Crippen LogP contribution >= 0.6 is 40.1 Å². The van der Waals surface area contributed by atoms with Gasteiger partial charge in [0.05, 0.1) is 4.47 Å². The summed E-state index contributed by atoms with van der Waals surface area (Å²) in [6.07, 6.45) is 0.446. The standard InChI is InChI=1S/C12H14BrFN2OS.ClH/c13-10-5-8(1-2-11(10)14)16-12(17)6-9-7-18-4-3-15-9;/h1-2,5,9,15H,3-4,6-7H2,(H,16,17);1H. The highest BCUT2D eigenvalue weighted by Gasteiger charge is 2.16. The van der Waals surface area contributed by atoms with Gasteiger partial charge in [-0.2, -0.15) is 11.8 Å². The van der Waals surface area contributed by atoms with Gasteiger partial charge in [-0.05, 0) is 34.1 Å². The molecule has 1 heterocycles. The number of halogens is 3. The second-order valence-corrected chi connectivity index (χ2v) is 6.11. The number of hydrogen-bond acceptors (Lipinski definition) is 3. The Labute approximate surface area is 130 Å². The average molecular weight is 370 g/mol. The summed E-state index contributed by atoms with van der Waals surface area (Å²) in [5.74, 6) is 1.68. The third kappa shape index (κ3) is 5.30. The first kappa shape index (κ1) is 16.8. The predicted molar refractivity (Wildman–Crippen MR) is 83.7 cm³/mol. The number of thioether (sulfide) groups is 1. The molecule has 2 N–H and O–H groups in total. The molecule has 1 aromatic rings. The van der Waals surface area contributed by atoms with Crippen molar-refractivity contribution in [2.45, 2.75) is 12.5 Å². The zero-order valence-electron chi connectivity index (χ0n) is 10.1. The fourth-order valence-corrected chi connectivity index (χ4v) is 3.09. The first-order valence-corrected chi connectivity index (χ1v) is 7.66. The Balaban J connectivity index is 0.00000180. The van der Waals surface area contributed by atoms with Gasteiger partial charge in [0.2, 0.25) is 5.91 Å². The summed E-state index contributed by atoms with van der Waals surface area (Å²) in [6.45, 7) is 0.949. The van der Waals surface area contributed by atoms with Crippen LogP contribution in [0.1, 0.15) is 6.42 Å². The van der Waals surface area contributed by atoms with E-state index in [1.807, 2.05) is 11.8 Å². The lowest BCUT2D eigenvalue weighted by Crippen LogP contribution is -2.39. The van der Waals surface area contributed by atoms with E-state index in [0.717, 1.165) is 18.1 Å². The monoisotopic (exact) mass is 368 g/mol. The van der Waals surface area contributed by atoms with Gasteiger partial charge >= 0.3 is 0 Å². The molecule has 1 aliphatic rings. The van der Waals surface area contributed by atoms with Gasteiger partial charge in [0.1, 0.15) is 5.82 Å². The van der Waals surface area contributed by atoms with Gasteiger partial charge in [-0.15, -0.1) is 12.4 Å². The minimum atomic E-state index is -0.335. The summed E-state index contributed by atoms with van der Waals surface area (Å²) in [5, 5.41) is 6.08. The van der Waals surface area contributed by atoms with Crippen molar-refractivity contribution < 1.29 is 9.18 Å². The highest BCUT2D eigenvalue weighted by molar-refractivity contribution is 9.10. The van der Waals surface area contributed by atoms with Gasteiger partial charge in [-0.3, -0.25) is 4.79 Å². The third-order valence-corrected chi connectivity index (χ3v) is 4.37. The van der Waals surface area contributed by atoms with Crippen LogP contribution in [0.3, 0.4) is 0 Å². The molecule has 1 amide bonds. The number of hydrogen-bond donors (Lipinski definition) is 2. The predicted octanol–water partition coefficient (Wildman–Crippen LogP) is 3.04. The van der Waals surface area contributed by atoms with Crippen LogP contribution in [-0.2, 0) is 4.79 Å². The van der Waals surface area contributed by atoms with E-state index >= 15 is 0 Å². The third-order valence-electron chi connectivity index (χ3n) is 2.63. The van der Waals surface area contributed by atoms with E-state index in [1.54, 1.807) is 12.1 Å². The molecule has 1 aromatic carbocycles. The summed E-state index contributed by atoms with van der Waals surface area (Å²) in [7, 11) is 0. The maximum atomic E-state index is 13.0. The van der Waals surface area contributed by atoms with Crippen molar-refractivity contribution in [3.05, 3.63) is 28.5 Å². The quantitative estimate of drug-likeness (QED) is 0.860. The number of benzene rings is 1. The Morgan fingerprint density at radius 1 is 1.58 bits per heavy atom. The van der Waals surface area contributed by atoms with Crippen molar-refractivity contribution >= 4 is 51.7 Å². The molecule has 3 nitrogen and oxygen atoms in total. The zero-order valence-corrected chi connectivity index (χ0v) is 13.3. The van der Waals surface area contributed by atoms with E-state index in [-0.39, 0.29) is 30.2 Å². The molecular weight excluding hydrogens is 355 g/mol. The largest absolute Gasteiger partial charge is 0.326 e. The van der Waals surface area contributed by atoms with Gasteiger partial charge in [0.25, 0.3) is 0 Å². The van der Waals surface area contributed by atoms with Crippen LogP contribution in [0, 0.1) is 5.82 Å². The molecule has 106 valence electrons. The number of nitrogens with one attached hydrogen (secondary N) is 2. The van der Waals surface area contributed by atoms with Crippen LogP contribution in [0.5, 0.6) is 0 Å². The summed E-state index contributed by atoms with van der Waals surface area (Å²) in [6, 6.07) is 4.68. The Morgan fingerprint density at radius 2 is 2.37 bits per heavy atom. The molecule has 0 aliphatic carbocycles. The summed E-state index contributed by atoms with van der Waals surface area (Å²) < 4.78 is 13.4. The number of carbonyl (C=O) groups is 1. The molecule has 7 heteroatoms.